The molecule has 3 rings (SSSR count). The lowest BCUT2D eigenvalue weighted by Gasteiger charge is -2.36. The zero-order valence-electron chi connectivity index (χ0n) is 13.3. The molecule has 0 aromatic carbocycles. The fourth-order valence-electron chi connectivity index (χ4n) is 3.35. The van der Waals surface area contributed by atoms with Gasteiger partial charge in [-0.3, -0.25) is 9.69 Å². The number of aromatic nitrogens is 1. The number of rotatable bonds is 5. The van der Waals surface area contributed by atoms with Crippen molar-refractivity contribution in [3.8, 4) is 0 Å². The number of hydrogen-bond acceptors (Lipinski definition) is 6. The third-order valence-corrected chi connectivity index (χ3v) is 6.02. The molecule has 11 heteroatoms. The van der Waals surface area contributed by atoms with Gasteiger partial charge in [-0.2, -0.15) is 13.2 Å². The zero-order valence-corrected chi connectivity index (χ0v) is 15.7. The predicted octanol–water partition coefficient (Wildman–Crippen LogP) is 4.17. The van der Waals surface area contributed by atoms with E-state index in [9.17, 15) is 23.1 Å². The highest BCUT2D eigenvalue weighted by molar-refractivity contribution is 9.11. The van der Waals surface area contributed by atoms with Crippen molar-refractivity contribution < 1.29 is 23.1 Å². The normalized spacial score (nSPS) is 24.3. The van der Waals surface area contributed by atoms with E-state index in [0.29, 0.717) is 29.0 Å². The van der Waals surface area contributed by atoms with Gasteiger partial charge in [0.05, 0.1) is 5.69 Å². The highest BCUT2D eigenvalue weighted by Crippen LogP contribution is 2.49. The number of carboxylic acid groups (broad SMARTS) is 1. The van der Waals surface area contributed by atoms with Crippen LogP contribution in [0.1, 0.15) is 35.9 Å². The molecule has 6 nitrogen and oxygen atoms in total. The number of aliphatic carboxylic acids is 1. The smallest absolute Gasteiger partial charge is 0.437 e. The molecule has 2 unspecified atom stereocenters. The molecule has 1 N–H and O–H groups in total. The molecule has 1 fully saturated rings. The summed E-state index contributed by atoms with van der Waals surface area (Å²) in [5.74, 6) is -1.36. The highest BCUT2D eigenvalue weighted by atomic mass is 79.9. The van der Waals surface area contributed by atoms with E-state index in [-0.39, 0.29) is 18.9 Å². The van der Waals surface area contributed by atoms with Crippen LogP contribution in [0.2, 0.25) is 0 Å². The summed E-state index contributed by atoms with van der Waals surface area (Å²) in [4.78, 5) is 18.6. The van der Waals surface area contributed by atoms with Crippen molar-refractivity contribution in [2.45, 2.75) is 44.1 Å². The average Bonchev–Trinajstić information content (AvgIpc) is 3.20. The lowest BCUT2D eigenvalue weighted by atomic mass is 9.88. The van der Waals surface area contributed by atoms with Crippen molar-refractivity contribution in [2.75, 3.05) is 13.1 Å². The Morgan fingerprint density at radius 3 is 2.68 bits per heavy atom. The second-order valence-corrected chi connectivity index (χ2v) is 8.85. The first-order valence-corrected chi connectivity index (χ1v) is 9.34. The Labute approximate surface area is 154 Å². The standard InChI is InChI=1S/C14H16BrF3N4O2S/c1-7-9(19-12(15)25-7)10(11(23)24)22-4-2-3-8(6-22)5-13(20-21-13)14(16,17)18/h8,10H,2-6H2,1H3,(H,23,24). The number of piperidine rings is 1. The molecule has 1 aromatic heterocycles. The Kier molecular flexibility index (Phi) is 4.93. The van der Waals surface area contributed by atoms with Crippen LogP contribution in [0.15, 0.2) is 14.1 Å². The zero-order chi connectivity index (χ0) is 18.4. The topological polar surface area (TPSA) is 78.1 Å². The van der Waals surface area contributed by atoms with E-state index in [2.05, 4.69) is 31.1 Å². The number of carbonyl (C=O) groups is 1. The van der Waals surface area contributed by atoms with E-state index >= 15 is 0 Å². The fourth-order valence-corrected chi connectivity index (χ4v) is 4.92. The van der Waals surface area contributed by atoms with E-state index < -0.39 is 23.9 Å². The van der Waals surface area contributed by atoms with Crippen LogP contribution in [0.4, 0.5) is 13.2 Å². The van der Waals surface area contributed by atoms with Gasteiger partial charge in [-0.25, -0.2) is 4.98 Å². The first-order chi connectivity index (χ1) is 11.6. The third kappa shape index (κ3) is 3.72. The lowest BCUT2D eigenvalue weighted by Crippen LogP contribution is -2.44. The molecule has 2 atom stereocenters. The van der Waals surface area contributed by atoms with Crippen molar-refractivity contribution in [1.29, 1.82) is 0 Å². The van der Waals surface area contributed by atoms with E-state index in [1.165, 1.54) is 11.3 Å². The molecule has 1 aromatic rings. The minimum absolute atomic E-state index is 0.223. The van der Waals surface area contributed by atoms with Gasteiger partial charge in [0.2, 0.25) is 0 Å². The minimum Gasteiger partial charge on any atom is -0.480 e. The molecular formula is C14H16BrF3N4O2S. The van der Waals surface area contributed by atoms with E-state index in [0.717, 1.165) is 4.88 Å². The van der Waals surface area contributed by atoms with Gasteiger partial charge in [0.25, 0.3) is 5.66 Å². The van der Waals surface area contributed by atoms with Crippen LogP contribution in [-0.2, 0) is 4.79 Å². The number of alkyl halides is 3. The monoisotopic (exact) mass is 440 g/mol. The molecule has 0 spiro atoms. The SMILES string of the molecule is Cc1sc(Br)nc1C(C(=O)O)N1CCCC(CC2(C(F)(F)F)N=N2)C1. The maximum Gasteiger partial charge on any atom is 0.437 e. The largest absolute Gasteiger partial charge is 0.480 e. The summed E-state index contributed by atoms with van der Waals surface area (Å²) in [6.07, 6.45) is -3.48. The second kappa shape index (κ2) is 6.58. The van der Waals surface area contributed by atoms with Crippen LogP contribution in [0.3, 0.4) is 0 Å². The lowest BCUT2D eigenvalue weighted by molar-refractivity contribution is -0.169. The maximum absolute atomic E-state index is 13.0. The van der Waals surface area contributed by atoms with Crippen molar-refractivity contribution >= 4 is 33.2 Å². The predicted molar refractivity (Wildman–Crippen MR) is 87.5 cm³/mol. The minimum atomic E-state index is -4.49. The summed E-state index contributed by atoms with van der Waals surface area (Å²) in [6.45, 7) is 2.56. The van der Waals surface area contributed by atoms with Crippen LogP contribution in [0.5, 0.6) is 0 Å². The van der Waals surface area contributed by atoms with Gasteiger partial charge in [-0.05, 0) is 48.2 Å². The summed E-state index contributed by atoms with van der Waals surface area (Å²) in [5, 5.41) is 16.1. The fraction of sp³-hybridized carbons (Fsp3) is 0.714. The van der Waals surface area contributed by atoms with Crippen molar-refractivity contribution in [2.24, 2.45) is 16.1 Å². The molecule has 2 aliphatic heterocycles. The first kappa shape index (κ1) is 18.7. The maximum atomic E-state index is 13.0. The summed E-state index contributed by atoms with van der Waals surface area (Å²) >= 11 is 4.59. The molecule has 0 aliphatic carbocycles. The number of hydrogen-bond donors (Lipinski definition) is 1. The van der Waals surface area contributed by atoms with E-state index in [4.69, 9.17) is 0 Å². The van der Waals surface area contributed by atoms with Crippen molar-refractivity contribution in [3.05, 3.63) is 14.5 Å². The number of aryl methyl sites for hydroxylation is 1. The quantitative estimate of drug-likeness (QED) is 0.744. The number of thiazole rings is 1. The van der Waals surface area contributed by atoms with Crippen LogP contribution in [0, 0.1) is 12.8 Å². The Bertz CT molecular complexity index is 703. The van der Waals surface area contributed by atoms with Gasteiger partial charge >= 0.3 is 12.1 Å². The molecule has 0 radical (unpaired) electrons. The number of halogens is 4. The van der Waals surface area contributed by atoms with E-state index in [1.807, 2.05) is 0 Å². The molecule has 138 valence electrons. The molecule has 25 heavy (non-hydrogen) atoms. The summed E-state index contributed by atoms with van der Waals surface area (Å²) in [7, 11) is 0. The first-order valence-electron chi connectivity index (χ1n) is 7.73. The molecule has 1 saturated heterocycles. The Hall–Kier alpha value is -1.07. The van der Waals surface area contributed by atoms with Gasteiger partial charge in [-0.15, -0.1) is 21.6 Å². The third-order valence-electron chi connectivity index (χ3n) is 4.58. The van der Waals surface area contributed by atoms with Gasteiger partial charge in [0.1, 0.15) is 0 Å². The van der Waals surface area contributed by atoms with Crippen LogP contribution >= 0.6 is 27.3 Å². The highest BCUT2D eigenvalue weighted by Gasteiger charge is 2.64. The average molecular weight is 441 g/mol. The molecule has 0 amide bonds. The Morgan fingerprint density at radius 1 is 1.52 bits per heavy atom. The van der Waals surface area contributed by atoms with Crippen molar-refractivity contribution in [1.82, 2.24) is 9.88 Å². The summed E-state index contributed by atoms with van der Waals surface area (Å²) in [6, 6.07) is -0.958. The van der Waals surface area contributed by atoms with Crippen LogP contribution < -0.4 is 0 Å². The van der Waals surface area contributed by atoms with Gasteiger partial charge in [0.15, 0.2) is 9.96 Å². The van der Waals surface area contributed by atoms with Crippen LogP contribution in [-0.4, -0.2) is 45.9 Å². The summed E-state index contributed by atoms with van der Waals surface area (Å²) < 4.78 is 39.7. The Balaban J connectivity index is 1.75. The molecule has 0 bridgehead atoms. The number of nitrogens with zero attached hydrogens (tertiary/aromatic N) is 4. The van der Waals surface area contributed by atoms with Gasteiger partial charge < -0.3 is 5.11 Å². The van der Waals surface area contributed by atoms with Crippen LogP contribution in [0.25, 0.3) is 0 Å². The summed E-state index contributed by atoms with van der Waals surface area (Å²) in [5.41, 5.74) is -1.84. The molecule has 2 aliphatic rings. The number of carboxylic acids is 1. The molecule has 3 heterocycles. The van der Waals surface area contributed by atoms with Gasteiger partial charge in [0, 0.05) is 17.8 Å². The van der Waals surface area contributed by atoms with Gasteiger partial charge in [-0.1, -0.05) is 0 Å². The molecular weight excluding hydrogens is 425 g/mol. The van der Waals surface area contributed by atoms with E-state index in [1.54, 1.807) is 11.8 Å². The van der Waals surface area contributed by atoms with Crippen molar-refractivity contribution in [3.63, 3.8) is 0 Å². The molecule has 0 saturated carbocycles. The second-order valence-electron chi connectivity index (χ2n) is 6.37. The number of likely N-dealkylation sites (tertiary alicyclic amines) is 1. The Morgan fingerprint density at radius 2 is 2.20 bits per heavy atom.